The van der Waals surface area contributed by atoms with E-state index in [1.165, 1.54) is 12.8 Å². The average molecular weight is 339 g/mol. The zero-order valence-electron chi connectivity index (χ0n) is 13.6. The molecule has 0 aromatic carbocycles. The average Bonchev–Trinajstić information content (AvgIpc) is 3.09. The van der Waals surface area contributed by atoms with Gasteiger partial charge >= 0.3 is 0 Å². The van der Waals surface area contributed by atoms with Crippen molar-refractivity contribution in [2.75, 3.05) is 41.7 Å². The van der Waals surface area contributed by atoms with Crippen LogP contribution in [0.1, 0.15) is 32.6 Å². The predicted octanol–water partition coefficient (Wildman–Crippen LogP) is 0.985. The van der Waals surface area contributed by atoms with Gasteiger partial charge < -0.3 is 9.80 Å². The highest BCUT2D eigenvalue weighted by Gasteiger charge is 2.25. The van der Waals surface area contributed by atoms with Crippen molar-refractivity contribution in [3.8, 4) is 0 Å². The van der Waals surface area contributed by atoms with Gasteiger partial charge in [0, 0.05) is 38.3 Å². The highest BCUT2D eigenvalue weighted by atomic mass is 32.2. The minimum atomic E-state index is -3.16. The van der Waals surface area contributed by atoms with E-state index in [2.05, 4.69) is 24.5 Å². The number of hydrogen-bond acceptors (Lipinski definition) is 6. The number of nitrogens with one attached hydrogen (secondary N) is 1. The molecule has 2 saturated heterocycles. The summed E-state index contributed by atoms with van der Waals surface area (Å²) in [5.74, 6) is 1.99. The van der Waals surface area contributed by atoms with Crippen molar-refractivity contribution in [1.29, 1.82) is 0 Å². The van der Waals surface area contributed by atoms with Crippen molar-refractivity contribution in [3.63, 3.8) is 0 Å². The Bertz CT molecular complexity index is 631. The first-order valence-corrected chi connectivity index (χ1v) is 10.0. The third-order valence-corrected chi connectivity index (χ3v) is 5.99. The maximum atomic E-state index is 11.8. The summed E-state index contributed by atoms with van der Waals surface area (Å²) >= 11 is 0. The monoisotopic (exact) mass is 339 g/mol. The molecule has 1 atom stereocenters. The second-order valence-corrected chi connectivity index (χ2v) is 8.28. The fraction of sp³-hybridized carbons (Fsp3) is 0.733. The van der Waals surface area contributed by atoms with Crippen molar-refractivity contribution in [1.82, 2.24) is 14.7 Å². The molecule has 2 fully saturated rings. The number of nitrogens with zero attached hydrogens (tertiary/aromatic N) is 4. The molecule has 0 amide bonds. The smallest absolute Gasteiger partial charge is 0.211 e. The van der Waals surface area contributed by atoms with E-state index in [4.69, 9.17) is 0 Å². The first kappa shape index (κ1) is 16.4. The molecule has 0 radical (unpaired) electrons. The van der Waals surface area contributed by atoms with Crippen molar-refractivity contribution in [3.05, 3.63) is 12.4 Å². The summed E-state index contributed by atoms with van der Waals surface area (Å²) in [5, 5.41) is 0. The highest BCUT2D eigenvalue weighted by molar-refractivity contribution is 7.89. The van der Waals surface area contributed by atoms with Crippen LogP contribution in [0.15, 0.2) is 12.4 Å². The molecule has 3 heterocycles. The van der Waals surface area contributed by atoms with Gasteiger partial charge in [0.1, 0.15) is 18.0 Å². The summed E-state index contributed by atoms with van der Waals surface area (Å²) in [5.41, 5.74) is 0. The zero-order chi connectivity index (χ0) is 16.3. The Morgan fingerprint density at radius 2 is 1.78 bits per heavy atom. The third kappa shape index (κ3) is 4.11. The van der Waals surface area contributed by atoms with Gasteiger partial charge in [-0.05, 0) is 32.6 Å². The van der Waals surface area contributed by atoms with E-state index < -0.39 is 10.0 Å². The summed E-state index contributed by atoms with van der Waals surface area (Å²) in [6, 6.07) is 1.99. The lowest BCUT2D eigenvalue weighted by atomic mass is 10.1. The predicted molar refractivity (Wildman–Crippen MR) is 91.3 cm³/mol. The first-order valence-electron chi connectivity index (χ1n) is 8.39. The van der Waals surface area contributed by atoms with Crippen LogP contribution in [0, 0.1) is 0 Å². The third-order valence-electron chi connectivity index (χ3n) is 4.54. The Labute approximate surface area is 138 Å². The van der Waals surface area contributed by atoms with Gasteiger partial charge in [-0.25, -0.2) is 23.1 Å². The normalized spacial score (nSPS) is 22.6. The molecule has 1 N–H and O–H groups in total. The molecule has 0 bridgehead atoms. The number of aromatic nitrogens is 2. The van der Waals surface area contributed by atoms with Crippen LogP contribution < -0.4 is 14.5 Å². The Hall–Kier alpha value is -1.41. The first-order chi connectivity index (χ1) is 11.1. The van der Waals surface area contributed by atoms with E-state index in [0.29, 0.717) is 6.54 Å². The topological polar surface area (TPSA) is 78.4 Å². The fourth-order valence-corrected chi connectivity index (χ4v) is 4.11. The van der Waals surface area contributed by atoms with Crippen molar-refractivity contribution < 1.29 is 8.42 Å². The molecule has 1 aromatic rings. The molecule has 1 aromatic heterocycles. The Balaban J connectivity index is 1.70. The number of sulfonamides is 1. The summed E-state index contributed by atoms with van der Waals surface area (Å²) in [7, 11) is -3.16. The molecule has 128 valence electrons. The number of rotatable bonds is 5. The van der Waals surface area contributed by atoms with Gasteiger partial charge in [0.25, 0.3) is 0 Å². The Morgan fingerprint density at radius 1 is 1.13 bits per heavy atom. The van der Waals surface area contributed by atoms with Crippen LogP contribution >= 0.6 is 0 Å². The van der Waals surface area contributed by atoms with Crippen molar-refractivity contribution in [2.24, 2.45) is 0 Å². The summed E-state index contributed by atoms with van der Waals surface area (Å²) < 4.78 is 26.3. The molecule has 2 aliphatic rings. The Kier molecular flexibility index (Phi) is 5.01. The van der Waals surface area contributed by atoms with Gasteiger partial charge in [0.15, 0.2) is 0 Å². The molecule has 23 heavy (non-hydrogen) atoms. The molecule has 0 aliphatic carbocycles. The van der Waals surface area contributed by atoms with E-state index in [9.17, 15) is 8.42 Å². The van der Waals surface area contributed by atoms with Gasteiger partial charge in [0.2, 0.25) is 10.0 Å². The van der Waals surface area contributed by atoms with E-state index in [0.717, 1.165) is 44.1 Å². The van der Waals surface area contributed by atoms with Crippen molar-refractivity contribution in [2.45, 2.75) is 38.6 Å². The van der Waals surface area contributed by atoms with Crippen LogP contribution in [0.5, 0.6) is 0 Å². The number of anilines is 2. The van der Waals surface area contributed by atoms with E-state index in [1.54, 1.807) is 13.3 Å². The second kappa shape index (κ2) is 7.00. The van der Waals surface area contributed by atoms with Gasteiger partial charge in [-0.3, -0.25) is 0 Å². The Morgan fingerprint density at radius 3 is 2.48 bits per heavy atom. The van der Waals surface area contributed by atoms with Gasteiger partial charge in [0.05, 0.1) is 5.75 Å². The van der Waals surface area contributed by atoms with Crippen LogP contribution in [-0.2, 0) is 10.0 Å². The molecule has 2 aliphatic heterocycles. The van der Waals surface area contributed by atoms with Crippen LogP contribution in [0.4, 0.5) is 11.6 Å². The van der Waals surface area contributed by atoms with E-state index >= 15 is 0 Å². The minimum Gasteiger partial charge on any atom is -0.356 e. The lowest BCUT2D eigenvalue weighted by Gasteiger charge is -2.34. The summed E-state index contributed by atoms with van der Waals surface area (Å²) in [6.07, 6.45) is 5.87. The SMILES string of the molecule is CCS(=O)(=O)N[C@@H]1CCCN(c2cc(N3CCCC3)ncn2)C1. The zero-order valence-corrected chi connectivity index (χ0v) is 14.4. The second-order valence-electron chi connectivity index (χ2n) is 6.24. The quantitative estimate of drug-likeness (QED) is 0.862. The molecule has 8 heteroatoms. The molecule has 0 spiro atoms. The highest BCUT2D eigenvalue weighted by Crippen LogP contribution is 2.23. The molecule has 0 unspecified atom stereocenters. The molecule has 7 nitrogen and oxygen atoms in total. The van der Waals surface area contributed by atoms with Gasteiger partial charge in [-0.1, -0.05) is 0 Å². The standard InChI is InChI=1S/C15H25N5O2S/c1-2-23(21,22)18-13-6-5-9-20(11-13)15-10-14(16-12-17-15)19-7-3-4-8-19/h10,12-13,18H,2-9,11H2,1H3/t13-/m1/s1. The lowest BCUT2D eigenvalue weighted by molar-refractivity contribution is 0.464. The maximum absolute atomic E-state index is 11.8. The largest absolute Gasteiger partial charge is 0.356 e. The molecule has 0 saturated carbocycles. The van der Waals surface area contributed by atoms with Gasteiger partial charge in [-0.2, -0.15) is 0 Å². The fourth-order valence-electron chi connectivity index (χ4n) is 3.25. The van der Waals surface area contributed by atoms with Gasteiger partial charge in [-0.15, -0.1) is 0 Å². The van der Waals surface area contributed by atoms with Crippen LogP contribution in [0.25, 0.3) is 0 Å². The van der Waals surface area contributed by atoms with Crippen LogP contribution in [0.3, 0.4) is 0 Å². The lowest BCUT2D eigenvalue weighted by Crippen LogP contribution is -2.48. The summed E-state index contributed by atoms with van der Waals surface area (Å²) in [6.45, 7) is 5.33. The van der Waals surface area contributed by atoms with E-state index in [-0.39, 0.29) is 11.8 Å². The summed E-state index contributed by atoms with van der Waals surface area (Å²) in [4.78, 5) is 13.2. The van der Waals surface area contributed by atoms with E-state index in [1.807, 2.05) is 6.07 Å². The number of hydrogen-bond donors (Lipinski definition) is 1. The van der Waals surface area contributed by atoms with Crippen LogP contribution in [0.2, 0.25) is 0 Å². The maximum Gasteiger partial charge on any atom is 0.211 e. The molecular weight excluding hydrogens is 314 g/mol. The minimum absolute atomic E-state index is 0.0427. The number of piperidine rings is 1. The van der Waals surface area contributed by atoms with Crippen molar-refractivity contribution >= 4 is 21.7 Å². The molecule has 3 rings (SSSR count). The molecular formula is C15H25N5O2S. The van der Waals surface area contributed by atoms with Crippen LogP contribution in [-0.4, -0.2) is 56.4 Å².